The molecule has 3 rings (SSSR count). The van der Waals surface area contributed by atoms with Gasteiger partial charge in [-0.2, -0.15) is 0 Å². The fourth-order valence-corrected chi connectivity index (χ4v) is 3.30. The first-order valence-corrected chi connectivity index (χ1v) is 7.73. The van der Waals surface area contributed by atoms with Crippen LogP contribution in [0.1, 0.15) is 16.9 Å². The summed E-state index contributed by atoms with van der Waals surface area (Å²) in [4.78, 5) is 2.18. The Labute approximate surface area is 131 Å². The van der Waals surface area contributed by atoms with Crippen molar-refractivity contribution < 1.29 is 13.5 Å². The van der Waals surface area contributed by atoms with E-state index in [9.17, 15) is 8.78 Å². The summed E-state index contributed by atoms with van der Waals surface area (Å²) in [6.07, 6.45) is -2.42. The summed E-state index contributed by atoms with van der Waals surface area (Å²) in [6.45, 7) is 1.25. The van der Waals surface area contributed by atoms with E-state index in [4.69, 9.17) is 4.74 Å². The lowest BCUT2D eigenvalue weighted by atomic mass is 10.1. The second kappa shape index (κ2) is 6.00. The molecule has 1 aromatic carbocycles. The quantitative estimate of drug-likeness (QED) is 0.867. The fourth-order valence-electron chi connectivity index (χ4n) is 2.59. The molecule has 1 aliphatic heterocycles. The number of benzene rings is 1. The molecule has 2 heterocycles. The van der Waals surface area contributed by atoms with Crippen LogP contribution in [0.25, 0.3) is 0 Å². The molecule has 2 N–H and O–H groups in total. The number of alkyl halides is 2. The van der Waals surface area contributed by atoms with Crippen molar-refractivity contribution in [1.82, 2.24) is 0 Å². The largest absolute Gasteiger partial charge is 0.496 e. The van der Waals surface area contributed by atoms with Crippen molar-refractivity contribution in [2.75, 3.05) is 36.4 Å². The van der Waals surface area contributed by atoms with Gasteiger partial charge in [0.1, 0.15) is 5.75 Å². The maximum atomic E-state index is 12.6. The van der Waals surface area contributed by atoms with Gasteiger partial charge in [0.05, 0.1) is 30.0 Å². The number of fused-ring (bicyclic) bond motifs is 1. The summed E-state index contributed by atoms with van der Waals surface area (Å²) in [5.41, 5.74) is 3.85. The molecule has 0 unspecified atom stereocenters. The van der Waals surface area contributed by atoms with E-state index in [0.29, 0.717) is 12.2 Å². The van der Waals surface area contributed by atoms with Gasteiger partial charge < -0.3 is 20.3 Å². The SMILES string of the molecule is COc1ccc2c(c1CNc1csc(C(F)F)c1)N(C)CN2. The lowest BCUT2D eigenvalue weighted by molar-refractivity contribution is 0.155. The summed E-state index contributed by atoms with van der Waals surface area (Å²) >= 11 is 1.06. The number of nitrogens with one attached hydrogen (secondary N) is 2. The Morgan fingerprint density at radius 2 is 2.27 bits per heavy atom. The molecule has 1 aliphatic rings. The third kappa shape index (κ3) is 2.68. The van der Waals surface area contributed by atoms with Crippen LogP contribution < -0.4 is 20.3 Å². The molecular formula is C15H17F2N3OS. The average Bonchev–Trinajstić information content (AvgIpc) is 3.12. The van der Waals surface area contributed by atoms with Gasteiger partial charge in [0.15, 0.2) is 0 Å². The van der Waals surface area contributed by atoms with Crippen LogP contribution in [-0.4, -0.2) is 20.8 Å². The van der Waals surface area contributed by atoms with E-state index >= 15 is 0 Å². The van der Waals surface area contributed by atoms with Gasteiger partial charge in [-0.25, -0.2) is 8.78 Å². The number of anilines is 3. The van der Waals surface area contributed by atoms with Gasteiger partial charge in [0.25, 0.3) is 6.43 Å². The maximum Gasteiger partial charge on any atom is 0.272 e. The molecule has 22 heavy (non-hydrogen) atoms. The van der Waals surface area contributed by atoms with Crippen molar-refractivity contribution in [3.05, 3.63) is 34.0 Å². The molecule has 2 aromatic rings. The molecular weight excluding hydrogens is 308 g/mol. The minimum Gasteiger partial charge on any atom is -0.496 e. The number of thiophene rings is 1. The van der Waals surface area contributed by atoms with Gasteiger partial charge in [-0.1, -0.05) is 0 Å². The smallest absolute Gasteiger partial charge is 0.272 e. The second-order valence-corrected chi connectivity index (χ2v) is 6.01. The highest BCUT2D eigenvalue weighted by molar-refractivity contribution is 7.10. The Hall–Kier alpha value is -2.02. The van der Waals surface area contributed by atoms with Crippen molar-refractivity contribution in [3.63, 3.8) is 0 Å². The standard InChI is InChI=1S/C15H17F2N3OS/c1-20-8-19-11-3-4-12(21-2)10(14(11)20)6-18-9-5-13(15(16)17)22-7-9/h3-5,7,15,18-19H,6,8H2,1-2H3. The van der Waals surface area contributed by atoms with Crippen molar-refractivity contribution >= 4 is 28.4 Å². The van der Waals surface area contributed by atoms with Crippen molar-refractivity contribution in [1.29, 1.82) is 0 Å². The van der Waals surface area contributed by atoms with Gasteiger partial charge in [-0.05, 0) is 18.2 Å². The molecule has 7 heteroatoms. The van der Waals surface area contributed by atoms with Crippen molar-refractivity contribution in [2.45, 2.75) is 13.0 Å². The van der Waals surface area contributed by atoms with E-state index in [1.54, 1.807) is 12.5 Å². The first-order chi connectivity index (χ1) is 10.6. The summed E-state index contributed by atoms with van der Waals surface area (Å²) in [5, 5.41) is 8.22. The van der Waals surface area contributed by atoms with Crippen LogP contribution in [0, 0.1) is 0 Å². The van der Waals surface area contributed by atoms with Crippen molar-refractivity contribution in [3.8, 4) is 5.75 Å². The molecule has 0 fully saturated rings. The molecule has 0 saturated heterocycles. The van der Waals surface area contributed by atoms with Crippen LogP contribution in [-0.2, 0) is 6.54 Å². The van der Waals surface area contributed by atoms with Gasteiger partial charge in [-0.15, -0.1) is 11.3 Å². The monoisotopic (exact) mass is 325 g/mol. The van der Waals surface area contributed by atoms with Gasteiger partial charge >= 0.3 is 0 Å². The molecule has 0 aliphatic carbocycles. The number of methoxy groups -OCH3 is 1. The van der Waals surface area contributed by atoms with Crippen LogP contribution in [0.5, 0.6) is 5.75 Å². The summed E-state index contributed by atoms with van der Waals surface area (Å²) in [5.74, 6) is 0.783. The van der Waals surface area contributed by atoms with E-state index in [2.05, 4.69) is 15.5 Å². The Morgan fingerprint density at radius 3 is 2.95 bits per heavy atom. The summed E-state index contributed by atoms with van der Waals surface area (Å²) in [6, 6.07) is 5.40. The number of nitrogens with zero attached hydrogens (tertiary/aromatic N) is 1. The van der Waals surface area contributed by atoms with Crippen molar-refractivity contribution in [2.24, 2.45) is 0 Å². The second-order valence-electron chi connectivity index (χ2n) is 5.07. The Morgan fingerprint density at radius 1 is 1.45 bits per heavy atom. The number of halogens is 2. The normalized spacial score (nSPS) is 13.2. The van der Waals surface area contributed by atoms with E-state index < -0.39 is 6.43 Å². The van der Waals surface area contributed by atoms with E-state index in [0.717, 1.165) is 40.7 Å². The molecule has 0 bridgehead atoms. The number of rotatable bonds is 5. The molecule has 0 radical (unpaired) electrons. The number of ether oxygens (including phenoxy) is 1. The van der Waals surface area contributed by atoms with E-state index in [-0.39, 0.29) is 4.88 Å². The predicted octanol–water partition coefficient (Wildman–Crippen LogP) is 4.13. The van der Waals surface area contributed by atoms with Crippen LogP contribution >= 0.6 is 11.3 Å². The molecule has 118 valence electrons. The van der Waals surface area contributed by atoms with Gasteiger partial charge in [-0.3, -0.25) is 0 Å². The number of hydrogen-bond donors (Lipinski definition) is 2. The Bertz CT molecular complexity index is 675. The maximum absolute atomic E-state index is 12.6. The lowest BCUT2D eigenvalue weighted by Gasteiger charge is -2.18. The molecule has 0 spiro atoms. The summed E-state index contributed by atoms with van der Waals surface area (Å²) < 4.78 is 30.7. The van der Waals surface area contributed by atoms with E-state index in [1.165, 1.54) is 6.07 Å². The molecule has 1 aromatic heterocycles. The van der Waals surface area contributed by atoms with Crippen LogP contribution in [0.2, 0.25) is 0 Å². The molecule has 0 saturated carbocycles. The average molecular weight is 325 g/mol. The summed E-state index contributed by atoms with van der Waals surface area (Å²) in [7, 11) is 3.63. The highest BCUT2D eigenvalue weighted by atomic mass is 32.1. The van der Waals surface area contributed by atoms with Gasteiger partial charge in [0.2, 0.25) is 0 Å². The Balaban J connectivity index is 1.83. The minimum atomic E-state index is -2.42. The van der Waals surface area contributed by atoms with Crippen LogP contribution in [0.3, 0.4) is 0 Å². The zero-order valence-electron chi connectivity index (χ0n) is 12.3. The zero-order valence-corrected chi connectivity index (χ0v) is 13.1. The van der Waals surface area contributed by atoms with Crippen LogP contribution in [0.4, 0.5) is 25.8 Å². The fraction of sp³-hybridized carbons (Fsp3) is 0.333. The third-order valence-corrected chi connectivity index (χ3v) is 4.59. The van der Waals surface area contributed by atoms with Crippen LogP contribution in [0.15, 0.2) is 23.6 Å². The zero-order chi connectivity index (χ0) is 15.7. The molecule has 4 nitrogen and oxygen atoms in total. The first-order valence-electron chi connectivity index (χ1n) is 6.85. The first kappa shape index (κ1) is 14.9. The van der Waals surface area contributed by atoms with E-state index in [1.807, 2.05) is 19.2 Å². The predicted molar refractivity (Wildman–Crippen MR) is 86.5 cm³/mol. The number of hydrogen-bond acceptors (Lipinski definition) is 5. The molecule has 0 atom stereocenters. The minimum absolute atomic E-state index is 0.0755. The molecule has 0 amide bonds. The third-order valence-electron chi connectivity index (χ3n) is 3.65. The topological polar surface area (TPSA) is 36.5 Å². The highest BCUT2D eigenvalue weighted by Crippen LogP contribution is 2.39. The lowest BCUT2D eigenvalue weighted by Crippen LogP contribution is -2.17. The van der Waals surface area contributed by atoms with Gasteiger partial charge in [0, 0.05) is 30.2 Å². The highest BCUT2D eigenvalue weighted by Gasteiger charge is 2.22. The Kier molecular flexibility index (Phi) is 4.06.